The van der Waals surface area contributed by atoms with Crippen LogP contribution in [0.2, 0.25) is 0 Å². The van der Waals surface area contributed by atoms with Gasteiger partial charge in [0, 0.05) is 5.56 Å². The number of carbonyl (C=O) groups is 1. The van der Waals surface area contributed by atoms with Crippen molar-refractivity contribution in [3.63, 3.8) is 0 Å². The maximum Gasteiger partial charge on any atom is 0.339 e. The second kappa shape index (κ2) is 10.7. The molecule has 0 aliphatic rings. The number of anilines is 1. The van der Waals surface area contributed by atoms with Crippen molar-refractivity contribution in [2.75, 3.05) is 11.6 Å². The average Bonchev–Trinajstić information content (AvgIpc) is 3.35. The Morgan fingerprint density at radius 2 is 1.73 bits per heavy atom. The van der Waals surface area contributed by atoms with Gasteiger partial charge >= 0.3 is 5.97 Å². The fourth-order valence-electron chi connectivity index (χ4n) is 3.25. The first kappa shape index (κ1) is 21.7. The van der Waals surface area contributed by atoms with E-state index in [0.717, 1.165) is 16.8 Å². The minimum atomic E-state index is -0.470. The quantitative estimate of drug-likeness (QED) is 0.153. The Morgan fingerprint density at radius 3 is 2.48 bits per heavy atom. The van der Waals surface area contributed by atoms with E-state index in [1.165, 1.54) is 0 Å². The summed E-state index contributed by atoms with van der Waals surface area (Å²) in [5, 5.41) is 6.58. The number of ether oxygens (including phenoxy) is 1. The summed E-state index contributed by atoms with van der Waals surface area (Å²) in [6.45, 7) is 0.558. The molecule has 3 aromatic carbocycles. The lowest BCUT2D eigenvalue weighted by Crippen LogP contribution is -2.15. The molecule has 1 heterocycles. The van der Waals surface area contributed by atoms with Crippen molar-refractivity contribution in [2.45, 2.75) is 6.54 Å². The van der Waals surface area contributed by atoms with Gasteiger partial charge in [0.25, 0.3) is 0 Å². The largest absolute Gasteiger partial charge is 0.455 e. The van der Waals surface area contributed by atoms with E-state index < -0.39 is 5.97 Å². The number of para-hydroxylation sites is 1. The zero-order chi connectivity index (χ0) is 22.9. The van der Waals surface area contributed by atoms with Crippen LogP contribution in [0.25, 0.3) is 11.3 Å². The molecule has 0 aliphatic carbocycles. The molecule has 0 spiro atoms. The van der Waals surface area contributed by atoms with Gasteiger partial charge in [0.2, 0.25) is 0 Å². The predicted molar refractivity (Wildman–Crippen MR) is 130 cm³/mol. The van der Waals surface area contributed by atoms with Crippen LogP contribution in [0.3, 0.4) is 0 Å². The van der Waals surface area contributed by atoms with Gasteiger partial charge in [-0.2, -0.15) is 5.10 Å². The summed E-state index contributed by atoms with van der Waals surface area (Å²) in [6.07, 6.45) is 6.84. The molecule has 4 rings (SSSR count). The zero-order valence-corrected chi connectivity index (χ0v) is 17.9. The van der Waals surface area contributed by atoms with Crippen molar-refractivity contribution in [3.05, 3.63) is 114 Å². The molecule has 4 aromatic rings. The highest BCUT2D eigenvalue weighted by Crippen LogP contribution is 2.23. The number of nitrogens with zero attached hydrogens (tertiary/aromatic N) is 2. The maximum atomic E-state index is 12.1. The highest BCUT2D eigenvalue weighted by molar-refractivity contribution is 5.91. The van der Waals surface area contributed by atoms with Crippen LogP contribution in [0.15, 0.2) is 107 Å². The normalized spacial score (nSPS) is 10.6. The van der Waals surface area contributed by atoms with E-state index >= 15 is 0 Å². The van der Waals surface area contributed by atoms with Crippen molar-refractivity contribution in [3.8, 4) is 23.7 Å². The highest BCUT2D eigenvalue weighted by Gasteiger charge is 2.11. The molecule has 1 aromatic heterocycles. The summed E-state index contributed by atoms with van der Waals surface area (Å²) in [4.78, 5) is 12.1. The Kier molecular flexibility index (Phi) is 6.99. The summed E-state index contributed by atoms with van der Waals surface area (Å²) in [5.41, 5.74) is 3.29. The van der Waals surface area contributed by atoms with Crippen LogP contribution in [0.4, 0.5) is 5.69 Å². The maximum absolute atomic E-state index is 12.1. The number of furan rings is 1. The van der Waals surface area contributed by atoms with Crippen molar-refractivity contribution in [1.82, 2.24) is 0 Å². The number of rotatable bonds is 8. The molecule has 33 heavy (non-hydrogen) atoms. The first-order chi connectivity index (χ1) is 16.2. The van der Waals surface area contributed by atoms with Gasteiger partial charge in [-0.25, -0.2) is 4.79 Å². The van der Waals surface area contributed by atoms with Crippen LogP contribution in [0.5, 0.6) is 0 Å². The third kappa shape index (κ3) is 5.78. The summed E-state index contributed by atoms with van der Waals surface area (Å²) in [6, 6.07) is 30.8. The molecular weight excluding hydrogens is 412 g/mol. The fourth-order valence-corrected chi connectivity index (χ4v) is 3.25. The number of terminal acetylenes is 1. The molecule has 0 bridgehead atoms. The molecule has 0 unspecified atom stereocenters. The van der Waals surface area contributed by atoms with Crippen molar-refractivity contribution >= 4 is 17.9 Å². The van der Waals surface area contributed by atoms with E-state index in [1.807, 2.05) is 71.7 Å². The van der Waals surface area contributed by atoms with E-state index in [9.17, 15) is 4.79 Å². The number of carbonyl (C=O) groups excluding carboxylic acids is 1. The van der Waals surface area contributed by atoms with Crippen LogP contribution < -0.4 is 5.01 Å². The molecule has 0 aliphatic heterocycles. The number of hydrogen-bond donors (Lipinski definition) is 0. The minimum absolute atomic E-state index is 0.0642. The smallest absolute Gasteiger partial charge is 0.339 e. The van der Waals surface area contributed by atoms with E-state index in [4.69, 9.17) is 15.6 Å². The predicted octanol–water partition coefficient (Wildman–Crippen LogP) is 5.78. The van der Waals surface area contributed by atoms with E-state index in [0.29, 0.717) is 23.6 Å². The van der Waals surface area contributed by atoms with Crippen LogP contribution in [0.1, 0.15) is 21.7 Å². The molecule has 0 radical (unpaired) electrons. The van der Waals surface area contributed by atoms with Crippen molar-refractivity contribution in [2.24, 2.45) is 5.10 Å². The molecule has 162 valence electrons. The first-order valence-corrected chi connectivity index (χ1v) is 10.4. The van der Waals surface area contributed by atoms with Gasteiger partial charge in [-0.1, -0.05) is 66.6 Å². The van der Waals surface area contributed by atoms with Gasteiger partial charge in [-0.3, -0.25) is 5.01 Å². The highest BCUT2D eigenvalue weighted by atomic mass is 16.5. The Balaban J connectivity index is 1.53. The number of esters is 1. The number of hydrogen-bond acceptors (Lipinski definition) is 5. The number of hydrazone groups is 1. The second-order valence-corrected chi connectivity index (χ2v) is 7.19. The lowest BCUT2D eigenvalue weighted by molar-refractivity contribution is 0.0557. The molecule has 0 saturated carbocycles. The van der Waals surface area contributed by atoms with Gasteiger partial charge in [0.05, 0.1) is 24.0 Å². The molecule has 0 N–H and O–H groups in total. The molecular formula is C28H22N2O3. The molecule has 0 atom stereocenters. The van der Waals surface area contributed by atoms with Gasteiger partial charge in [-0.05, 0) is 42.0 Å². The molecule has 5 nitrogen and oxygen atoms in total. The van der Waals surface area contributed by atoms with E-state index in [1.54, 1.807) is 24.4 Å². The monoisotopic (exact) mass is 434 g/mol. The SMILES string of the molecule is C#CCOC(=O)c1cccc(-c2ccc(C=NN(Cc3ccccc3)c3ccccc3)o2)c1. The van der Waals surface area contributed by atoms with Crippen LogP contribution in [-0.2, 0) is 11.3 Å². The molecule has 0 saturated heterocycles. The number of benzene rings is 3. The van der Waals surface area contributed by atoms with Gasteiger partial charge < -0.3 is 9.15 Å². The van der Waals surface area contributed by atoms with Crippen LogP contribution in [0, 0.1) is 12.3 Å². The van der Waals surface area contributed by atoms with Crippen molar-refractivity contribution in [1.29, 1.82) is 0 Å². The Morgan fingerprint density at radius 1 is 0.970 bits per heavy atom. The van der Waals surface area contributed by atoms with E-state index in [2.05, 4.69) is 23.2 Å². The van der Waals surface area contributed by atoms with Crippen LogP contribution in [-0.4, -0.2) is 18.8 Å². The third-order valence-electron chi connectivity index (χ3n) is 4.85. The Hall–Kier alpha value is -4.56. The lowest BCUT2D eigenvalue weighted by Gasteiger charge is -2.19. The standard InChI is InChI=1S/C28H22N2O3/c1-2-18-32-28(31)24-13-9-12-23(19-24)27-17-16-26(33-27)20-29-30(25-14-7-4-8-15-25)21-22-10-5-3-6-11-22/h1,3-17,19-20H,18,21H2. The van der Waals surface area contributed by atoms with Gasteiger partial charge in [0.15, 0.2) is 6.61 Å². The fraction of sp³-hybridized carbons (Fsp3) is 0.0714. The minimum Gasteiger partial charge on any atom is -0.455 e. The zero-order valence-electron chi connectivity index (χ0n) is 17.9. The molecule has 5 heteroatoms. The van der Waals surface area contributed by atoms with Gasteiger partial charge in [0.1, 0.15) is 11.5 Å². The topological polar surface area (TPSA) is 55.0 Å². The average molecular weight is 434 g/mol. The summed E-state index contributed by atoms with van der Waals surface area (Å²) >= 11 is 0. The Bertz CT molecular complexity index is 1270. The Labute approximate surface area is 192 Å². The second-order valence-electron chi connectivity index (χ2n) is 7.19. The lowest BCUT2D eigenvalue weighted by atomic mass is 10.1. The third-order valence-corrected chi connectivity index (χ3v) is 4.85. The summed E-state index contributed by atoms with van der Waals surface area (Å²) in [5.74, 6) is 3.04. The van der Waals surface area contributed by atoms with Crippen molar-refractivity contribution < 1.29 is 13.9 Å². The first-order valence-electron chi connectivity index (χ1n) is 10.4. The molecule has 0 amide bonds. The van der Waals surface area contributed by atoms with Crippen LogP contribution >= 0.6 is 0 Å². The summed E-state index contributed by atoms with van der Waals surface area (Å²) < 4.78 is 11.0. The van der Waals surface area contributed by atoms with E-state index in [-0.39, 0.29) is 6.61 Å². The van der Waals surface area contributed by atoms with Gasteiger partial charge in [-0.15, -0.1) is 6.42 Å². The summed E-state index contributed by atoms with van der Waals surface area (Å²) in [7, 11) is 0. The molecule has 0 fully saturated rings.